The van der Waals surface area contributed by atoms with Crippen LogP contribution in [0.3, 0.4) is 0 Å². The minimum atomic E-state index is -0.399. The molecule has 9 heteroatoms. The van der Waals surface area contributed by atoms with Gasteiger partial charge in [0, 0.05) is 29.9 Å². The summed E-state index contributed by atoms with van der Waals surface area (Å²) in [4.78, 5) is 13.5. The van der Waals surface area contributed by atoms with Crippen LogP contribution in [0.4, 0.5) is 0 Å². The summed E-state index contributed by atoms with van der Waals surface area (Å²) < 4.78 is 12.3. The fourth-order valence-corrected chi connectivity index (χ4v) is 8.25. The van der Waals surface area contributed by atoms with E-state index in [1.54, 1.807) is 36.1 Å². The van der Waals surface area contributed by atoms with E-state index in [9.17, 15) is 20.1 Å². The fraction of sp³-hybridized carbons (Fsp3) is 0.361. The van der Waals surface area contributed by atoms with Crippen molar-refractivity contribution >= 4 is 38.1 Å². The standard InChI is InChI=1S/C36H41NO6S2/c1-37-36(26-7-5-6-23(18-26)21-38)43-29-8-3-4-17-44-45-22-32-30(15-11-24-9-13-28(40)20-31(24)32)34-25(10-14-27(39)19-29)12-16-33(41)35(34)42-2/h5-7,9,11-13,15-16,18,20,29,36-38,40-41H,3-4,8,10,14,17,19,21-22H2,1-2H3/t29-,36+/m0/s1. The Morgan fingerprint density at radius 2 is 1.84 bits per heavy atom. The Labute approximate surface area is 272 Å². The number of methoxy groups -OCH3 is 1. The monoisotopic (exact) mass is 647 g/mol. The second-order valence-corrected chi connectivity index (χ2v) is 13.9. The van der Waals surface area contributed by atoms with Crippen LogP contribution in [-0.4, -0.2) is 47.1 Å². The molecule has 0 aliphatic carbocycles. The quantitative estimate of drug-likeness (QED) is 0.124. The lowest BCUT2D eigenvalue weighted by Crippen LogP contribution is -2.27. The Morgan fingerprint density at radius 1 is 1.00 bits per heavy atom. The number of ketones is 1. The van der Waals surface area contributed by atoms with E-state index in [1.165, 1.54) is 0 Å². The van der Waals surface area contributed by atoms with Crippen LogP contribution in [0, 0.1) is 0 Å². The normalized spacial score (nSPS) is 17.4. The van der Waals surface area contributed by atoms with E-state index in [0.29, 0.717) is 30.8 Å². The van der Waals surface area contributed by atoms with E-state index in [2.05, 4.69) is 11.4 Å². The fourth-order valence-electron chi connectivity index (χ4n) is 5.98. The summed E-state index contributed by atoms with van der Waals surface area (Å²) in [5, 5.41) is 36.0. The van der Waals surface area contributed by atoms with E-state index in [1.807, 2.05) is 60.3 Å². The highest BCUT2D eigenvalue weighted by Gasteiger charge is 2.24. The van der Waals surface area contributed by atoms with Crippen molar-refractivity contribution in [2.45, 2.75) is 63.2 Å². The van der Waals surface area contributed by atoms with Crippen molar-refractivity contribution in [2.24, 2.45) is 0 Å². The van der Waals surface area contributed by atoms with Crippen molar-refractivity contribution in [3.8, 4) is 28.4 Å². The molecule has 0 fully saturated rings. The maximum Gasteiger partial charge on any atom is 0.168 e. The number of aromatic hydroxyl groups is 2. The zero-order chi connectivity index (χ0) is 31.8. The molecule has 0 spiro atoms. The average Bonchev–Trinajstić information content (AvgIpc) is 3.05. The average molecular weight is 648 g/mol. The summed E-state index contributed by atoms with van der Waals surface area (Å²) in [5.41, 5.74) is 5.39. The summed E-state index contributed by atoms with van der Waals surface area (Å²) >= 11 is 0. The van der Waals surface area contributed by atoms with Crippen LogP contribution in [0.2, 0.25) is 0 Å². The molecular weight excluding hydrogens is 607 g/mol. The number of phenols is 2. The van der Waals surface area contributed by atoms with Crippen LogP contribution >= 0.6 is 21.6 Å². The SMILES string of the molecule is CN[C@H](O[C@H]1CCCCSSCc2c(ccc3ccc(O)cc23)-c2c(ccc(O)c2OC)CCC(=O)C1)c1cccc(CO)c1. The highest BCUT2D eigenvalue weighted by Crippen LogP contribution is 2.45. The van der Waals surface area contributed by atoms with Gasteiger partial charge in [0.15, 0.2) is 11.5 Å². The highest BCUT2D eigenvalue weighted by molar-refractivity contribution is 8.76. The maximum atomic E-state index is 13.5. The molecule has 4 aromatic rings. The van der Waals surface area contributed by atoms with Crippen LogP contribution in [-0.2, 0) is 28.3 Å². The minimum Gasteiger partial charge on any atom is -0.508 e. The maximum absolute atomic E-state index is 13.5. The van der Waals surface area contributed by atoms with Gasteiger partial charge in [-0.25, -0.2) is 0 Å². The minimum absolute atomic E-state index is 0.0396. The number of rotatable bonds is 6. The van der Waals surface area contributed by atoms with Crippen molar-refractivity contribution in [2.75, 3.05) is 19.9 Å². The summed E-state index contributed by atoms with van der Waals surface area (Å²) in [6.45, 7) is -0.0466. The summed E-state index contributed by atoms with van der Waals surface area (Å²) in [5.74, 6) is 2.37. The molecule has 45 heavy (non-hydrogen) atoms. The number of nitrogens with one attached hydrogen (secondary N) is 1. The number of phenolic OH excluding ortho intramolecular Hbond substituents is 2. The number of carbonyl (C=O) groups excluding carboxylic acids is 1. The summed E-state index contributed by atoms with van der Waals surface area (Å²) in [6.07, 6.45) is 3.12. The Kier molecular flexibility index (Phi) is 11.7. The third-order valence-electron chi connectivity index (χ3n) is 8.26. The van der Waals surface area contributed by atoms with E-state index < -0.39 is 6.23 Å². The molecule has 7 nitrogen and oxygen atoms in total. The Balaban J connectivity index is 1.47. The molecule has 1 aliphatic rings. The van der Waals surface area contributed by atoms with Gasteiger partial charge in [-0.1, -0.05) is 70.5 Å². The predicted octanol–water partition coefficient (Wildman–Crippen LogP) is 7.68. The molecule has 0 amide bonds. The zero-order valence-corrected chi connectivity index (χ0v) is 27.4. The van der Waals surface area contributed by atoms with E-state index >= 15 is 0 Å². The largest absolute Gasteiger partial charge is 0.508 e. The van der Waals surface area contributed by atoms with Crippen LogP contribution in [0.25, 0.3) is 21.9 Å². The number of ether oxygens (including phenoxy) is 2. The van der Waals surface area contributed by atoms with Gasteiger partial charge in [0.1, 0.15) is 17.8 Å². The van der Waals surface area contributed by atoms with E-state index in [-0.39, 0.29) is 30.0 Å². The molecule has 0 saturated carbocycles. The first kappa shape index (κ1) is 33.2. The molecule has 0 bridgehead atoms. The summed E-state index contributed by atoms with van der Waals surface area (Å²) in [6, 6.07) is 20.7. The van der Waals surface area contributed by atoms with Crippen LogP contribution in [0.15, 0.2) is 66.7 Å². The number of aliphatic hydroxyl groups excluding tert-OH is 1. The lowest BCUT2D eigenvalue weighted by molar-refractivity contribution is -0.124. The van der Waals surface area contributed by atoms with Gasteiger partial charge >= 0.3 is 0 Å². The van der Waals surface area contributed by atoms with Crippen LogP contribution < -0.4 is 10.1 Å². The Morgan fingerprint density at radius 3 is 2.64 bits per heavy atom. The second kappa shape index (κ2) is 15.9. The van der Waals surface area contributed by atoms with Gasteiger partial charge in [0.2, 0.25) is 0 Å². The molecule has 1 aliphatic heterocycles. The molecule has 4 N–H and O–H groups in total. The highest BCUT2D eigenvalue weighted by atomic mass is 33.1. The van der Waals surface area contributed by atoms with Crippen LogP contribution in [0.5, 0.6) is 17.2 Å². The lowest BCUT2D eigenvalue weighted by atomic mass is 9.89. The van der Waals surface area contributed by atoms with E-state index in [0.717, 1.165) is 69.2 Å². The molecule has 1 heterocycles. The van der Waals surface area contributed by atoms with Gasteiger partial charge in [0.05, 0.1) is 19.8 Å². The number of aliphatic hydroxyl groups is 1. The Hall–Kier alpha value is -3.21. The summed E-state index contributed by atoms with van der Waals surface area (Å²) in [7, 11) is 6.97. The molecule has 0 unspecified atom stereocenters. The van der Waals surface area contributed by atoms with Gasteiger partial charge in [-0.3, -0.25) is 10.1 Å². The smallest absolute Gasteiger partial charge is 0.168 e. The molecule has 238 valence electrons. The Bertz CT molecular complexity index is 1630. The third kappa shape index (κ3) is 8.15. The molecule has 0 aromatic heterocycles. The third-order valence-corrected chi connectivity index (χ3v) is 10.6. The number of hydrogen-bond acceptors (Lipinski definition) is 9. The number of hydrogen-bond donors (Lipinski definition) is 4. The zero-order valence-electron chi connectivity index (χ0n) is 25.8. The molecular formula is C36H41NO6S2. The molecule has 4 aromatic carbocycles. The number of aryl methyl sites for hydroxylation is 1. The van der Waals surface area contributed by atoms with Crippen molar-refractivity contribution < 1.29 is 29.6 Å². The molecule has 0 saturated heterocycles. The number of benzene rings is 4. The first-order valence-corrected chi connectivity index (χ1v) is 17.8. The first-order chi connectivity index (χ1) is 21.9. The number of fused-ring (bicyclic) bond motifs is 5. The van der Waals surface area contributed by atoms with Crippen molar-refractivity contribution in [1.82, 2.24) is 5.32 Å². The first-order valence-electron chi connectivity index (χ1n) is 15.3. The van der Waals surface area contributed by atoms with E-state index in [4.69, 9.17) is 9.47 Å². The van der Waals surface area contributed by atoms with Crippen molar-refractivity contribution in [1.29, 1.82) is 0 Å². The van der Waals surface area contributed by atoms with Crippen LogP contribution in [0.1, 0.15) is 60.6 Å². The number of carbonyl (C=O) groups is 1. The van der Waals surface area contributed by atoms with Gasteiger partial charge in [-0.2, -0.15) is 0 Å². The van der Waals surface area contributed by atoms with Crippen molar-refractivity contribution in [3.63, 3.8) is 0 Å². The molecule has 2 atom stereocenters. The predicted molar refractivity (Wildman–Crippen MR) is 184 cm³/mol. The topological polar surface area (TPSA) is 108 Å². The van der Waals surface area contributed by atoms with Crippen molar-refractivity contribution in [3.05, 3.63) is 89.0 Å². The number of Topliss-reactive ketones (excluding diaryl/α,β-unsaturated/α-hetero) is 1. The van der Waals surface area contributed by atoms with Gasteiger partial charge in [-0.05, 0) is 89.2 Å². The lowest BCUT2D eigenvalue weighted by Gasteiger charge is -2.25. The molecule has 0 radical (unpaired) electrons. The van der Waals surface area contributed by atoms with Gasteiger partial charge < -0.3 is 24.8 Å². The second-order valence-electron chi connectivity index (χ2n) is 11.3. The van der Waals surface area contributed by atoms with Gasteiger partial charge in [-0.15, -0.1) is 0 Å². The molecule has 5 rings (SSSR count). The van der Waals surface area contributed by atoms with Gasteiger partial charge in [0.25, 0.3) is 0 Å².